The summed E-state index contributed by atoms with van der Waals surface area (Å²) in [7, 11) is 0. The molecule has 0 spiro atoms. The average molecular weight is 250 g/mol. The summed E-state index contributed by atoms with van der Waals surface area (Å²) in [5.74, 6) is -1.14. The minimum atomic E-state index is -0.745. The van der Waals surface area contributed by atoms with Gasteiger partial charge in [-0.05, 0) is 31.0 Å². The van der Waals surface area contributed by atoms with Gasteiger partial charge in [0.2, 0.25) is 0 Å². The Hall–Kier alpha value is -1.48. The highest BCUT2D eigenvalue weighted by Crippen LogP contribution is 2.35. The van der Waals surface area contributed by atoms with Crippen LogP contribution in [-0.4, -0.2) is 15.6 Å². The molecule has 1 unspecified atom stereocenters. The number of halogens is 1. The van der Waals surface area contributed by atoms with Gasteiger partial charge >= 0.3 is 5.97 Å². The van der Waals surface area contributed by atoms with Gasteiger partial charge in [0.25, 0.3) is 0 Å². The number of benzene rings is 1. The van der Waals surface area contributed by atoms with E-state index in [1.807, 2.05) is 24.3 Å². The largest absolute Gasteiger partial charge is 0.481 e. The molecule has 1 aromatic heterocycles. The Morgan fingerprint density at radius 2 is 2.29 bits per heavy atom. The molecule has 0 saturated carbocycles. The Kier molecular flexibility index (Phi) is 2.37. The minimum absolute atomic E-state index is 0.396. The molecular formula is C13H12ClNO2. The first-order valence-corrected chi connectivity index (χ1v) is 6.07. The van der Waals surface area contributed by atoms with Crippen LogP contribution in [0.25, 0.3) is 10.9 Å². The van der Waals surface area contributed by atoms with Gasteiger partial charge in [0.1, 0.15) is 0 Å². The van der Waals surface area contributed by atoms with E-state index in [9.17, 15) is 9.90 Å². The number of carboxylic acids is 1. The molecule has 0 amide bonds. The molecule has 4 heteroatoms. The van der Waals surface area contributed by atoms with Gasteiger partial charge in [-0.3, -0.25) is 4.79 Å². The van der Waals surface area contributed by atoms with Crippen molar-refractivity contribution in [2.45, 2.75) is 25.3 Å². The first-order valence-electron chi connectivity index (χ1n) is 5.69. The number of nitrogens with zero attached hydrogens (tertiary/aromatic N) is 1. The Bertz CT molecular complexity index is 603. The van der Waals surface area contributed by atoms with E-state index in [1.165, 1.54) is 0 Å². The van der Waals surface area contributed by atoms with E-state index in [1.54, 1.807) is 0 Å². The first-order chi connectivity index (χ1) is 8.18. The Balaban J connectivity index is 2.28. The fraction of sp³-hybridized carbons (Fsp3) is 0.308. The number of rotatable bonds is 1. The zero-order valence-corrected chi connectivity index (χ0v) is 9.94. The SMILES string of the molecule is O=C(O)C1CCCn2c1cc1c(Cl)cccc12. The summed E-state index contributed by atoms with van der Waals surface area (Å²) in [4.78, 5) is 11.2. The fourth-order valence-corrected chi connectivity index (χ4v) is 2.88. The van der Waals surface area contributed by atoms with Crippen molar-refractivity contribution in [3.63, 3.8) is 0 Å². The van der Waals surface area contributed by atoms with Crippen molar-refractivity contribution >= 4 is 28.5 Å². The fourth-order valence-electron chi connectivity index (χ4n) is 2.66. The number of fused-ring (bicyclic) bond motifs is 3. The maximum absolute atomic E-state index is 11.2. The summed E-state index contributed by atoms with van der Waals surface area (Å²) in [6.07, 6.45) is 1.61. The molecule has 2 aromatic rings. The van der Waals surface area contributed by atoms with E-state index in [0.717, 1.165) is 29.6 Å². The van der Waals surface area contributed by atoms with Crippen molar-refractivity contribution in [2.75, 3.05) is 0 Å². The molecule has 17 heavy (non-hydrogen) atoms. The maximum atomic E-state index is 11.2. The van der Waals surface area contributed by atoms with E-state index in [2.05, 4.69) is 4.57 Å². The molecule has 0 bridgehead atoms. The van der Waals surface area contributed by atoms with Crippen molar-refractivity contribution in [3.05, 3.63) is 35.0 Å². The Morgan fingerprint density at radius 3 is 3.06 bits per heavy atom. The number of hydrogen-bond acceptors (Lipinski definition) is 1. The summed E-state index contributed by atoms with van der Waals surface area (Å²) in [6, 6.07) is 7.67. The van der Waals surface area contributed by atoms with Crippen molar-refractivity contribution < 1.29 is 9.90 Å². The summed E-state index contributed by atoms with van der Waals surface area (Å²) < 4.78 is 2.09. The first kappa shape index (κ1) is 10.7. The number of carbonyl (C=O) groups is 1. The number of aromatic nitrogens is 1. The number of aliphatic carboxylic acids is 1. The quantitative estimate of drug-likeness (QED) is 0.843. The zero-order chi connectivity index (χ0) is 12.0. The monoisotopic (exact) mass is 249 g/mol. The maximum Gasteiger partial charge on any atom is 0.312 e. The molecular weight excluding hydrogens is 238 g/mol. The molecule has 1 atom stereocenters. The molecule has 0 aliphatic carbocycles. The molecule has 1 aliphatic heterocycles. The van der Waals surface area contributed by atoms with Crippen LogP contribution in [0.3, 0.4) is 0 Å². The second kappa shape index (κ2) is 3.77. The van der Waals surface area contributed by atoms with E-state index in [4.69, 9.17) is 11.6 Å². The van der Waals surface area contributed by atoms with Crippen LogP contribution in [-0.2, 0) is 11.3 Å². The van der Waals surface area contributed by atoms with E-state index in [-0.39, 0.29) is 0 Å². The van der Waals surface area contributed by atoms with Gasteiger partial charge in [-0.25, -0.2) is 0 Å². The molecule has 3 nitrogen and oxygen atoms in total. The summed E-state index contributed by atoms with van der Waals surface area (Å²) >= 11 is 6.14. The molecule has 0 radical (unpaired) electrons. The summed E-state index contributed by atoms with van der Waals surface area (Å²) in [5, 5.41) is 10.9. The van der Waals surface area contributed by atoms with Crippen LogP contribution in [0, 0.1) is 0 Å². The lowest BCUT2D eigenvalue weighted by molar-refractivity contribution is -0.139. The minimum Gasteiger partial charge on any atom is -0.481 e. The number of aryl methyl sites for hydroxylation is 1. The normalized spacial score (nSPS) is 19.2. The molecule has 1 aromatic carbocycles. The van der Waals surface area contributed by atoms with Crippen molar-refractivity contribution in [1.82, 2.24) is 4.57 Å². The van der Waals surface area contributed by atoms with Gasteiger partial charge in [0, 0.05) is 28.2 Å². The predicted octanol–water partition coefficient (Wildman–Crippen LogP) is 3.26. The van der Waals surface area contributed by atoms with Crippen molar-refractivity contribution in [2.24, 2.45) is 0 Å². The smallest absolute Gasteiger partial charge is 0.312 e. The zero-order valence-electron chi connectivity index (χ0n) is 9.19. The second-order valence-electron chi connectivity index (χ2n) is 4.43. The topological polar surface area (TPSA) is 42.2 Å². The molecule has 0 fully saturated rings. The lowest BCUT2D eigenvalue weighted by atomic mass is 9.96. The lowest BCUT2D eigenvalue weighted by Gasteiger charge is -2.22. The lowest BCUT2D eigenvalue weighted by Crippen LogP contribution is -2.21. The number of hydrogen-bond donors (Lipinski definition) is 1. The second-order valence-corrected chi connectivity index (χ2v) is 4.83. The third-order valence-electron chi connectivity index (χ3n) is 3.45. The van der Waals surface area contributed by atoms with Crippen LogP contribution in [0.1, 0.15) is 24.5 Å². The van der Waals surface area contributed by atoms with Crippen LogP contribution in [0.15, 0.2) is 24.3 Å². The van der Waals surface area contributed by atoms with E-state index < -0.39 is 11.9 Å². The van der Waals surface area contributed by atoms with Crippen LogP contribution >= 0.6 is 11.6 Å². The highest BCUT2D eigenvalue weighted by molar-refractivity contribution is 6.35. The van der Waals surface area contributed by atoms with Gasteiger partial charge in [0.15, 0.2) is 0 Å². The predicted molar refractivity (Wildman–Crippen MR) is 66.6 cm³/mol. The standard InChI is InChI=1S/C13H12ClNO2/c14-10-4-1-5-11-9(10)7-12-8(13(16)17)3-2-6-15(11)12/h1,4-5,7-8H,2-3,6H2,(H,16,17). The Labute approximate surface area is 104 Å². The van der Waals surface area contributed by atoms with Crippen LogP contribution in [0.5, 0.6) is 0 Å². The van der Waals surface area contributed by atoms with Gasteiger partial charge in [-0.15, -0.1) is 0 Å². The van der Waals surface area contributed by atoms with E-state index in [0.29, 0.717) is 11.4 Å². The van der Waals surface area contributed by atoms with E-state index >= 15 is 0 Å². The van der Waals surface area contributed by atoms with Crippen molar-refractivity contribution in [1.29, 1.82) is 0 Å². The summed E-state index contributed by atoms with van der Waals surface area (Å²) in [5.41, 5.74) is 1.92. The van der Waals surface area contributed by atoms with Crippen LogP contribution in [0.4, 0.5) is 0 Å². The molecule has 0 saturated heterocycles. The molecule has 2 heterocycles. The molecule has 3 rings (SSSR count). The highest BCUT2D eigenvalue weighted by Gasteiger charge is 2.28. The third kappa shape index (κ3) is 1.53. The van der Waals surface area contributed by atoms with Crippen LogP contribution in [0.2, 0.25) is 5.02 Å². The van der Waals surface area contributed by atoms with Gasteiger partial charge in [0.05, 0.1) is 5.92 Å². The third-order valence-corrected chi connectivity index (χ3v) is 3.78. The Morgan fingerprint density at radius 1 is 1.47 bits per heavy atom. The average Bonchev–Trinajstić information content (AvgIpc) is 2.69. The van der Waals surface area contributed by atoms with Crippen LogP contribution < -0.4 is 0 Å². The molecule has 1 aliphatic rings. The van der Waals surface area contributed by atoms with Crippen molar-refractivity contribution in [3.8, 4) is 0 Å². The summed E-state index contributed by atoms with van der Waals surface area (Å²) in [6.45, 7) is 0.878. The van der Waals surface area contributed by atoms with Gasteiger partial charge < -0.3 is 9.67 Å². The molecule has 1 N–H and O–H groups in total. The van der Waals surface area contributed by atoms with Gasteiger partial charge in [-0.1, -0.05) is 17.7 Å². The molecule has 88 valence electrons. The van der Waals surface area contributed by atoms with Gasteiger partial charge in [-0.2, -0.15) is 0 Å². The number of carboxylic acid groups (broad SMARTS) is 1. The highest BCUT2D eigenvalue weighted by atomic mass is 35.5.